The predicted octanol–water partition coefficient (Wildman–Crippen LogP) is 3.34. The summed E-state index contributed by atoms with van der Waals surface area (Å²) in [6.07, 6.45) is -0.156. The van der Waals surface area contributed by atoms with E-state index in [4.69, 9.17) is 17.0 Å². The van der Waals surface area contributed by atoms with Gasteiger partial charge in [0.15, 0.2) is 0 Å². The molecule has 0 spiro atoms. The van der Waals surface area contributed by atoms with Crippen LogP contribution in [0.1, 0.15) is 61.8 Å². The van der Waals surface area contributed by atoms with Crippen molar-refractivity contribution in [2.75, 3.05) is 6.54 Å². The third-order valence-corrected chi connectivity index (χ3v) is 3.58. The molecule has 24 heavy (non-hydrogen) atoms. The van der Waals surface area contributed by atoms with Crippen LogP contribution in [0.5, 0.6) is 0 Å². The molecule has 6 nitrogen and oxygen atoms in total. The molecule has 0 saturated heterocycles. The zero-order valence-corrected chi connectivity index (χ0v) is 16.9. The van der Waals surface area contributed by atoms with Crippen molar-refractivity contribution in [2.45, 2.75) is 73.5 Å². The average Bonchev–Trinajstić information content (AvgIpc) is 2.29. The number of carbonyl (C=O) groups excluding carboxylic acids is 1. The molecule has 0 aromatic heterocycles. The molecule has 0 rings (SSSR count). The molecule has 0 unspecified atom stereocenters. The number of aliphatic carboxylic acids is 1. The number of alkyl carbamates (subject to hydrolysis) is 1. The van der Waals surface area contributed by atoms with Crippen LogP contribution in [0.25, 0.3) is 0 Å². The topological polar surface area (TPSA) is 87.7 Å². The molecule has 0 radical (unpaired) electrons. The van der Waals surface area contributed by atoms with Gasteiger partial charge in [0, 0.05) is 6.54 Å². The van der Waals surface area contributed by atoms with Crippen molar-refractivity contribution < 1.29 is 19.4 Å². The number of carboxylic acid groups (broad SMARTS) is 1. The molecule has 0 aliphatic carbocycles. The Kier molecular flexibility index (Phi) is 7.67. The molecule has 0 fully saturated rings. The largest absolute Gasteiger partial charge is 0.480 e. The number of rotatable bonds is 7. The average molecular weight is 361 g/mol. The molecule has 0 aliphatic rings. The monoisotopic (exact) mass is 360 g/mol. The smallest absolute Gasteiger partial charge is 0.408 e. The van der Waals surface area contributed by atoms with E-state index in [0.29, 0.717) is 18.0 Å². The van der Waals surface area contributed by atoms with E-state index in [9.17, 15) is 14.7 Å². The van der Waals surface area contributed by atoms with Crippen LogP contribution in [-0.4, -0.2) is 40.3 Å². The number of hydrogen-bond donors (Lipinski definition) is 3. The summed E-state index contributed by atoms with van der Waals surface area (Å²) in [5, 5.41) is 15.2. The zero-order valence-electron chi connectivity index (χ0n) is 16.1. The van der Waals surface area contributed by atoms with Gasteiger partial charge in [-0.15, -0.1) is 0 Å². The lowest BCUT2D eigenvalue weighted by Crippen LogP contribution is -2.53. The van der Waals surface area contributed by atoms with E-state index in [1.54, 1.807) is 27.7 Å². The molecule has 0 bridgehead atoms. The van der Waals surface area contributed by atoms with Gasteiger partial charge in [0.1, 0.15) is 11.6 Å². The maximum atomic E-state index is 12.0. The highest BCUT2D eigenvalue weighted by Gasteiger charge is 2.41. The first-order chi connectivity index (χ1) is 10.6. The van der Waals surface area contributed by atoms with Crippen LogP contribution in [0.4, 0.5) is 4.79 Å². The second kappa shape index (κ2) is 8.14. The highest BCUT2D eigenvalue weighted by atomic mass is 32.1. The van der Waals surface area contributed by atoms with Gasteiger partial charge in [0.25, 0.3) is 0 Å². The Labute approximate surface area is 150 Å². The summed E-state index contributed by atoms with van der Waals surface area (Å²) in [6.45, 7) is 15.4. The van der Waals surface area contributed by atoms with Crippen molar-refractivity contribution in [3.05, 3.63) is 0 Å². The summed E-state index contributed by atoms with van der Waals surface area (Å²) in [6, 6.07) is -1.06. The van der Waals surface area contributed by atoms with Gasteiger partial charge in [-0.05, 0) is 44.9 Å². The normalized spacial score (nSPS) is 13.8. The van der Waals surface area contributed by atoms with Gasteiger partial charge in [-0.3, -0.25) is 0 Å². The number of thiocarbonyl (C=S) groups is 1. The number of amides is 1. The molecule has 0 heterocycles. The van der Waals surface area contributed by atoms with Crippen LogP contribution < -0.4 is 10.6 Å². The fourth-order valence-corrected chi connectivity index (χ4v) is 2.85. The molecular formula is C17H32N2O4S. The summed E-state index contributed by atoms with van der Waals surface area (Å²) in [5.74, 6) is -1.08. The van der Waals surface area contributed by atoms with E-state index >= 15 is 0 Å². The van der Waals surface area contributed by atoms with Gasteiger partial charge in [-0.2, -0.15) is 0 Å². The number of hydrogen-bond acceptors (Lipinski definition) is 4. The Morgan fingerprint density at radius 1 is 1.12 bits per heavy atom. The van der Waals surface area contributed by atoms with E-state index in [-0.39, 0.29) is 5.41 Å². The minimum atomic E-state index is -1.08. The first-order valence-corrected chi connectivity index (χ1v) is 8.43. The zero-order chi connectivity index (χ0) is 19.3. The maximum Gasteiger partial charge on any atom is 0.408 e. The Balaban J connectivity index is 5.10. The number of carboxylic acids is 1. The summed E-state index contributed by atoms with van der Waals surface area (Å²) >= 11 is 5.03. The van der Waals surface area contributed by atoms with Gasteiger partial charge in [-0.1, -0.05) is 39.9 Å². The second-order valence-electron chi connectivity index (χ2n) is 8.66. The maximum absolute atomic E-state index is 12.0. The Hall–Kier alpha value is -1.37. The molecule has 7 heteroatoms. The molecule has 3 N–H and O–H groups in total. The van der Waals surface area contributed by atoms with Crippen molar-refractivity contribution in [1.82, 2.24) is 10.6 Å². The third kappa shape index (κ3) is 9.05. The van der Waals surface area contributed by atoms with Gasteiger partial charge < -0.3 is 20.5 Å². The quantitative estimate of drug-likeness (QED) is 0.604. The van der Waals surface area contributed by atoms with Crippen LogP contribution >= 0.6 is 12.2 Å². The highest BCUT2D eigenvalue weighted by Crippen LogP contribution is 2.36. The van der Waals surface area contributed by atoms with Crippen LogP contribution in [-0.2, 0) is 9.53 Å². The van der Waals surface area contributed by atoms with Crippen molar-refractivity contribution in [3.8, 4) is 0 Å². The Bertz CT molecular complexity index is 481. The Morgan fingerprint density at radius 2 is 1.62 bits per heavy atom. The Morgan fingerprint density at radius 3 is 2.00 bits per heavy atom. The van der Waals surface area contributed by atoms with Gasteiger partial charge in [0.2, 0.25) is 0 Å². The van der Waals surface area contributed by atoms with Crippen LogP contribution in [0.2, 0.25) is 0 Å². The van der Waals surface area contributed by atoms with E-state index in [2.05, 4.69) is 10.6 Å². The minimum absolute atomic E-state index is 0.202. The number of carbonyl (C=O) groups is 2. The standard InChI is InChI=1S/C17H32N2O4S/c1-11(24)18-10-16(5,6)9-17(7,8)12(13(20)21)19-14(22)23-15(2,3)4/h12H,9-10H2,1-8H3,(H,18,24)(H,19,22)(H,20,21)/t12-/m1/s1. The molecule has 1 atom stereocenters. The molecule has 140 valence electrons. The minimum Gasteiger partial charge on any atom is -0.480 e. The van der Waals surface area contributed by atoms with Crippen LogP contribution in [0.3, 0.4) is 0 Å². The summed E-state index contributed by atoms with van der Waals surface area (Å²) in [4.78, 5) is 24.4. The summed E-state index contributed by atoms with van der Waals surface area (Å²) in [7, 11) is 0. The summed E-state index contributed by atoms with van der Waals surface area (Å²) in [5.41, 5.74) is -1.56. The van der Waals surface area contributed by atoms with Crippen molar-refractivity contribution >= 4 is 29.3 Å². The van der Waals surface area contributed by atoms with E-state index in [1.165, 1.54) is 0 Å². The molecule has 0 aromatic rings. The number of ether oxygens (including phenoxy) is 1. The second-order valence-corrected chi connectivity index (χ2v) is 9.27. The lowest BCUT2D eigenvalue weighted by Gasteiger charge is -2.39. The van der Waals surface area contributed by atoms with Gasteiger partial charge >= 0.3 is 12.1 Å². The molecular weight excluding hydrogens is 328 g/mol. The SMILES string of the molecule is CC(=S)NCC(C)(C)CC(C)(C)[C@H](NC(=O)OC(C)(C)C)C(=O)O. The lowest BCUT2D eigenvalue weighted by molar-refractivity contribution is -0.143. The fraction of sp³-hybridized carbons (Fsp3) is 0.824. The van der Waals surface area contributed by atoms with E-state index < -0.39 is 29.1 Å². The first kappa shape index (κ1) is 22.6. The van der Waals surface area contributed by atoms with Crippen molar-refractivity contribution in [2.24, 2.45) is 10.8 Å². The molecule has 0 aliphatic heterocycles. The third-order valence-electron chi connectivity index (χ3n) is 3.44. The van der Waals surface area contributed by atoms with Crippen LogP contribution in [0, 0.1) is 10.8 Å². The lowest BCUT2D eigenvalue weighted by atomic mass is 9.71. The van der Waals surface area contributed by atoms with Crippen molar-refractivity contribution in [3.63, 3.8) is 0 Å². The van der Waals surface area contributed by atoms with E-state index in [1.807, 2.05) is 27.7 Å². The fourth-order valence-electron chi connectivity index (χ4n) is 2.78. The van der Waals surface area contributed by atoms with Crippen molar-refractivity contribution in [1.29, 1.82) is 0 Å². The number of nitrogens with one attached hydrogen (secondary N) is 2. The highest BCUT2D eigenvalue weighted by molar-refractivity contribution is 7.80. The van der Waals surface area contributed by atoms with E-state index in [0.717, 1.165) is 0 Å². The summed E-state index contributed by atoms with van der Waals surface area (Å²) < 4.78 is 5.18. The van der Waals surface area contributed by atoms with Gasteiger partial charge in [0.05, 0.1) is 4.99 Å². The molecule has 0 saturated carbocycles. The molecule has 1 amide bonds. The predicted molar refractivity (Wildman–Crippen MR) is 99.2 cm³/mol. The molecule has 0 aromatic carbocycles. The van der Waals surface area contributed by atoms with Crippen LogP contribution in [0.15, 0.2) is 0 Å². The van der Waals surface area contributed by atoms with Gasteiger partial charge in [-0.25, -0.2) is 9.59 Å². The first-order valence-electron chi connectivity index (χ1n) is 8.02.